The molecule has 4 bridgehead atoms. The van der Waals surface area contributed by atoms with Gasteiger partial charge in [-0.15, -0.1) is 0 Å². The standard InChI is InChI=1S/C16H22BrN3O/c1-20-8-13(17)14(19-20)15(21)18-9-16-5-10-2-11(6-16)4-12(3-10)7-16/h8,10-12H,2-7,9H2,1H3,(H,18,21). The Balaban J connectivity index is 1.45. The van der Waals surface area contributed by atoms with E-state index in [1.54, 1.807) is 4.68 Å². The molecular formula is C16H22BrN3O. The quantitative estimate of drug-likeness (QED) is 0.909. The van der Waals surface area contributed by atoms with Gasteiger partial charge >= 0.3 is 0 Å². The number of aryl methyl sites for hydroxylation is 1. The molecule has 4 aliphatic carbocycles. The summed E-state index contributed by atoms with van der Waals surface area (Å²) in [6.07, 6.45) is 10.1. The fourth-order valence-corrected chi connectivity index (χ4v) is 6.03. The van der Waals surface area contributed by atoms with E-state index in [1.807, 2.05) is 13.2 Å². The predicted molar refractivity (Wildman–Crippen MR) is 83.8 cm³/mol. The van der Waals surface area contributed by atoms with Gasteiger partial charge in [0.15, 0.2) is 5.69 Å². The first-order valence-electron chi connectivity index (χ1n) is 8.00. The fraction of sp³-hybridized carbons (Fsp3) is 0.750. The Morgan fingerprint density at radius 2 is 1.90 bits per heavy atom. The van der Waals surface area contributed by atoms with Gasteiger partial charge in [-0.1, -0.05) is 0 Å². The van der Waals surface area contributed by atoms with Gasteiger partial charge in [-0.3, -0.25) is 9.48 Å². The molecule has 4 fully saturated rings. The number of nitrogens with zero attached hydrogens (tertiary/aromatic N) is 2. The van der Waals surface area contributed by atoms with E-state index >= 15 is 0 Å². The van der Waals surface area contributed by atoms with Crippen molar-refractivity contribution in [1.82, 2.24) is 15.1 Å². The maximum atomic E-state index is 12.4. The molecule has 1 amide bonds. The van der Waals surface area contributed by atoms with Crippen LogP contribution in [0.4, 0.5) is 0 Å². The normalized spacial score (nSPS) is 37.0. The Hall–Kier alpha value is -0.840. The van der Waals surface area contributed by atoms with Gasteiger partial charge in [0.05, 0.1) is 4.47 Å². The molecule has 1 N–H and O–H groups in total. The third kappa shape index (κ3) is 2.43. The average molecular weight is 352 g/mol. The van der Waals surface area contributed by atoms with Crippen LogP contribution in [0.3, 0.4) is 0 Å². The van der Waals surface area contributed by atoms with E-state index in [0.29, 0.717) is 11.1 Å². The zero-order valence-electron chi connectivity index (χ0n) is 12.4. The van der Waals surface area contributed by atoms with Crippen molar-refractivity contribution in [3.63, 3.8) is 0 Å². The second-order valence-corrected chi connectivity index (χ2v) is 8.45. The molecule has 4 aliphatic rings. The molecule has 0 aromatic carbocycles. The first-order chi connectivity index (χ1) is 10.0. The van der Waals surface area contributed by atoms with Gasteiger partial charge in [0.2, 0.25) is 0 Å². The van der Waals surface area contributed by atoms with Gasteiger partial charge in [0, 0.05) is 19.8 Å². The Morgan fingerprint density at radius 1 is 1.33 bits per heavy atom. The monoisotopic (exact) mass is 351 g/mol. The highest BCUT2D eigenvalue weighted by Crippen LogP contribution is 2.59. The van der Waals surface area contributed by atoms with Gasteiger partial charge in [-0.25, -0.2) is 0 Å². The molecule has 4 saturated carbocycles. The molecule has 114 valence electrons. The van der Waals surface area contributed by atoms with Crippen LogP contribution in [0.15, 0.2) is 10.7 Å². The molecule has 5 heteroatoms. The molecule has 4 nitrogen and oxygen atoms in total. The van der Waals surface area contributed by atoms with E-state index in [-0.39, 0.29) is 5.91 Å². The van der Waals surface area contributed by atoms with Gasteiger partial charge in [0.1, 0.15) is 0 Å². The number of carbonyl (C=O) groups is 1. The van der Waals surface area contributed by atoms with Crippen LogP contribution in [0.1, 0.15) is 49.0 Å². The maximum Gasteiger partial charge on any atom is 0.272 e. The minimum absolute atomic E-state index is 0.0433. The van der Waals surface area contributed by atoms with Crippen molar-refractivity contribution in [3.8, 4) is 0 Å². The molecular weight excluding hydrogens is 330 g/mol. The van der Waals surface area contributed by atoms with Crippen LogP contribution in [0.5, 0.6) is 0 Å². The van der Waals surface area contributed by atoms with Crippen LogP contribution in [0, 0.1) is 23.2 Å². The molecule has 1 aromatic heterocycles. The third-order valence-corrected chi connectivity index (χ3v) is 6.37. The average Bonchev–Trinajstić information content (AvgIpc) is 2.74. The summed E-state index contributed by atoms with van der Waals surface area (Å²) in [6, 6.07) is 0. The smallest absolute Gasteiger partial charge is 0.272 e. The summed E-state index contributed by atoms with van der Waals surface area (Å²) in [5.41, 5.74) is 0.883. The van der Waals surface area contributed by atoms with Crippen molar-refractivity contribution < 1.29 is 4.79 Å². The maximum absolute atomic E-state index is 12.4. The van der Waals surface area contributed by atoms with Crippen molar-refractivity contribution in [2.24, 2.45) is 30.2 Å². The molecule has 0 radical (unpaired) electrons. The molecule has 5 rings (SSSR count). The highest BCUT2D eigenvalue weighted by atomic mass is 79.9. The second-order valence-electron chi connectivity index (χ2n) is 7.60. The summed E-state index contributed by atoms with van der Waals surface area (Å²) in [4.78, 5) is 12.4. The number of amides is 1. The number of rotatable bonds is 3. The van der Waals surface area contributed by atoms with Crippen molar-refractivity contribution in [1.29, 1.82) is 0 Å². The Kier molecular flexibility index (Phi) is 3.18. The predicted octanol–water partition coefficient (Wildman–Crippen LogP) is 3.13. The molecule has 0 unspecified atom stereocenters. The van der Waals surface area contributed by atoms with Crippen LogP contribution in [-0.4, -0.2) is 22.2 Å². The van der Waals surface area contributed by atoms with Crippen molar-refractivity contribution in [2.45, 2.75) is 38.5 Å². The summed E-state index contributed by atoms with van der Waals surface area (Å²) in [5, 5.41) is 7.40. The lowest BCUT2D eigenvalue weighted by molar-refractivity contribution is -0.0503. The zero-order valence-corrected chi connectivity index (χ0v) is 14.0. The lowest BCUT2D eigenvalue weighted by atomic mass is 9.49. The number of nitrogens with one attached hydrogen (secondary N) is 1. The van der Waals surface area contributed by atoms with Crippen LogP contribution in [0.2, 0.25) is 0 Å². The molecule has 21 heavy (non-hydrogen) atoms. The van der Waals surface area contributed by atoms with Crippen molar-refractivity contribution in [3.05, 3.63) is 16.4 Å². The van der Waals surface area contributed by atoms with E-state index in [9.17, 15) is 4.79 Å². The number of aromatic nitrogens is 2. The first-order valence-corrected chi connectivity index (χ1v) is 8.80. The summed E-state index contributed by atoms with van der Waals surface area (Å²) >= 11 is 3.41. The number of carbonyl (C=O) groups excluding carboxylic acids is 1. The van der Waals surface area contributed by atoms with E-state index in [2.05, 4.69) is 26.3 Å². The summed E-state index contributed by atoms with van der Waals surface area (Å²) < 4.78 is 2.44. The number of hydrogen-bond donors (Lipinski definition) is 1. The minimum atomic E-state index is -0.0433. The second kappa shape index (κ2) is 4.83. The van der Waals surface area contributed by atoms with Crippen LogP contribution >= 0.6 is 15.9 Å². The van der Waals surface area contributed by atoms with Crippen LogP contribution in [0.25, 0.3) is 0 Å². The highest BCUT2D eigenvalue weighted by Gasteiger charge is 2.50. The highest BCUT2D eigenvalue weighted by molar-refractivity contribution is 9.10. The largest absolute Gasteiger partial charge is 0.350 e. The van der Waals surface area contributed by atoms with E-state index < -0.39 is 0 Å². The van der Waals surface area contributed by atoms with Crippen molar-refractivity contribution in [2.75, 3.05) is 6.54 Å². The SMILES string of the molecule is Cn1cc(Br)c(C(=O)NCC23CC4CC(CC(C4)C2)C3)n1. The molecule has 0 saturated heterocycles. The third-order valence-electron chi connectivity index (χ3n) is 5.79. The Labute approximate surface area is 133 Å². The number of halogens is 1. The summed E-state index contributed by atoms with van der Waals surface area (Å²) in [6.45, 7) is 0.832. The van der Waals surface area contributed by atoms with Gasteiger partial charge in [-0.2, -0.15) is 5.10 Å². The molecule has 0 atom stereocenters. The summed E-state index contributed by atoms with van der Waals surface area (Å²) in [7, 11) is 1.83. The van der Waals surface area contributed by atoms with Gasteiger partial charge < -0.3 is 5.32 Å². The number of hydrogen-bond acceptors (Lipinski definition) is 2. The minimum Gasteiger partial charge on any atom is -0.350 e. The molecule has 0 spiro atoms. The van der Waals surface area contributed by atoms with E-state index in [0.717, 1.165) is 28.8 Å². The molecule has 1 heterocycles. The fourth-order valence-electron chi connectivity index (χ4n) is 5.47. The van der Waals surface area contributed by atoms with Crippen LogP contribution < -0.4 is 5.32 Å². The topological polar surface area (TPSA) is 46.9 Å². The van der Waals surface area contributed by atoms with Crippen LogP contribution in [-0.2, 0) is 7.05 Å². The lowest BCUT2D eigenvalue weighted by Crippen LogP contribution is -2.51. The molecule has 0 aliphatic heterocycles. The van der Waals surface area contributed by atoms with E-state index in [4.69, 9.17) is 0 Å². The zero-order chi connectivity index (χ0) is 14.6. The van der Waals surface area contributed by atoms with E-state index in [1.165, 1.54) is 38.5 Å². The Bertz CT molecular complexity index is 545. The van der Waals surface area contributed by atoms with Crippen molar-refractivity contribution >= 4 is 21.8 Å². The van der Waals surface area contributed by atoms with Gasteiger partial charge in [0.25, 0.3) is 5.91 Å². The lowest BCUT2D eigenvalue weighted by Gasteiger charge is -2.56. The molecule has 1 aromatic rings. The Morgan fingerprint density at radius 3 is 2.38 bits per heavy atom. The first kappa shape index (κ1) is 13.8. The summed E-state index contributed by atoms with van der Waals surface area (Å²) in [5.74, 6) is 2.73. The van der Waals surface area contributed by atoms with Gasteiger partial charge in [-0.05, 0) is 77.6 Å².